The van der Waals surface area contributed by atoms with Gasteiger partial charge in [-0.1, -0.05) is 13.8 Å². The van der Waals surface area contributed by atoms with Gasteiger partial charge in [-0.05, 0) is 36.6 Å². The Kier molecular flexibility index (Phi) is 3.43. The molecule has 0 radical (unpaired) electrons. The molecule has 5 nitrogen and oxygen atoms in total. The molecule has 98 valence electrons. The van der Waals surface area contributed by atoms with Crippen molar-refractivity contribution in [3.8, 4) is 11.8 Å². The van der Waals surface area contributed by atoms with Gasteiger partial charge in [0, 0.05) is 0 Å². The highest BCUT2D eigenvalue weighted by Gasteiger charge is 2.13. The third-order valence-electron chi connectivity index (χ3n) is 2.87. The Bertz CT molecular complexity index is 671. The highest BCUT2D eigenvalue weighted by Crippen LogP contribution is 2.13. The number of rotatable bonds is 3. The van der Waals surface area contributed by atoms with Crippen molar-refractivity contribution < 1.29 is 0 Å². The summed E-state index contributed by atoms with van der Waals surface area (Å²) in [7, 11) is 0. The zero-order valence-electron chi connectivity index (χ0n) is 11.0. The fourth-order valence-electron chi connectivity index (χ4n) is 1.93. The number of hydrogen-bond acceptors (Lipinski definition) is 3. The van der Waals surface area contributed by atoms with E-state index in [1.54, 1.807) is 24.3 Å². The van der Waals surface area contributed by atoms with Crippen molar-refractivity contribution in [2.24, 2.45) is 5.92 Å². The summed E-state index contributed by atoms with van der Waals surface area (Å²) in [6.45, 7) is 4.13. The third kappa shape index (κ3) is 2.52. The van der Waals surface area contributed by atoms with Gasteiger partial charge in [0.05, 0.1) is 23.0 Å². The lowest BCUT2D eigenvalue weighted by atomic mass is 10.1. The van der Waals surface area contributed by atoms with Crippen molar-refractivity contribution >= 4 is 5.69 Å². The molecular weight excluding hydrogens is 240 g/mol. The molecule has 0 unspecified atom stereocenters. The highest BCUT2D eigenvalue weighted by molar-refractivity contribution is 5.46. The number of nitrogens with zero attached hydrogens (tertiary/aromatic N) is 2. The molecule has 0 aliphatic heterocycles. The van der Waals surface area contributed by atoms with Crippen LogP contribution in [0.1, 0.15) is 25.1 Å². The summed E-state index contributed by atoms with van der Waals surface area (Å²) in [6, 6.07) is 8.81. The summed E-state index contributed by atoms with van der Waals surface area (Å²) in [6.07, 6.45) is 0.727. The van der Waals surface area contributed by atoms with Crippen LogP contribution in [0.4, 0.5) is 5.69 Å². The average molecular weight is 256 g/mol. The molecule has 0 aliphatic rings. The highest BCUT2D eigenvalue weighted by atomic mass is 16.1. The fraction of sp³-hybridized carbons (Fsp3) is 0.286. The van der Waals surface area contributed by atoms with Gasteiger partial charge in [0.25, 0.3) is 5.56 Å². The van der Waals surface area contributed by atoms with Crippen LogP contribution >= 0.6 is 0 Å². The van der Waals surface area contributed by atoms with Gasteiger partial charge in [-0.3, -0.25) is 9.89 Å². The van der Waals surface area contributed by atoms with E-state index < -0.39 is 0 Å². The first-order valence-electron chi connectivity index (χ1n) is 6.13. The molecule has 5 heteroatoms. The molecular formula is C14H16N4O. The first-order valence-corrected chi connectivity index (χ1v) is 6.13. The first kappa shape index (κ1) is 13.0. The predicted molar refractivity (Wildman–Crippen MR) is 74.1 cm³/mol. The largest absolute Gasteiger partial charge is 0.393 e. The molecule has 0 saturated carbocycles. The van der Waals surface area contributed by atoms with Gasteiger partial charge in [0.15, 0.2) is 0 Å². The maximum atomic E-state index is 12.1. The molecule has 1 aromatic carbocycles. The van der Waals surface area contributed by atoms with Crippen LogP contribution in [0.3, 0.4) is 0 Å². The second-order valence-electron chi connectivity index (χ2n) is 4.90. The second-order valence-corrected chi connectivity index (χ2v) is 4.90. The van der Waals surface area contributed by atoms with Crippen molar-refractivity contribution in [1.82, 2.24) is 9.78 Å². The summed E-state index contributed by atoms with van der Waals surface area (Å²) >= 11 is 0. The van der Waals surface area contributed by atoms with Crippen LogP contribution in [0.2, 0.25) is 0 Å². The number of nitrogens with two attached hydrogens (primary N) is 1. The molecule has 2 aromatic rings. The van der Waals surface area contributed by atoms with Crippen molar-refractivity contribution in [2.75, 3.05) is 5.73 Å². The minimum Gasteiger partial charge on any atom is -0.393 e. The van der Waals surface area contributed by atoms with E-state index in [2.05, 4.69) is 18.9 Å². The smallest absolute Gasteiger partial charge is 0.294 e. The van der Waals surface area contributed by atoms with Gasteiger partial charge in [-0.25, -0.2) is 4.68 Å². The van der Waals surface area contributed by atoms with Gasteiger partial charge in [0.2, 0.25) is 0 Å². The lowest BCUT2D eigenvalue weighted by Crippen LogP contribution is -2.16. The molecule has 0 fully saturated rings. The van der Waals surface area contributed by atoms with Gasteiger partial charge in [-0.15, -0.1) is 0 Å². The number of aromatic amines is 1. The molecule has 0 spiro atoms. The predicted octanol–water partition coefficient (Wildman–Crippen LogP) is 1.82. The van der Waals surface area contributed by atoms with E-state index in [9.17, 15) is 4.79 Å². The fourth-order valence-corrected chi connectivity index (χ4v) is 1.93. The molecule has 3 N–H and O–H groups in total. The summed E-state index contributed by atoms with van der Waals surface area (Å²) in [4.78, 5) is 12.1. The molecule has 1 heterocycles. The van der Waals surface area contributed by atoms with Crippen LogP contribution in [-0.2, 0) is 6.42 Å². The Morgan fingerprint density at radius 2 is 2.00 bits per heavy atom. The number of anilines is 1. The summed E-state index contributed by atoms with van der Waals surface area (Å²) in [5, 5.41) is 11.8. The topological polar surface area (TPSA) is 87.6 Å². The van der Waals surface area contributed by atoms with E-state index in [0.29, 0.717) is 17.2 Å². The van der Waals surface area contributed by atoms with Crippen LogP contribution in [0.25, 0.3) is 5.69 Å². The van der Waals surface area contributed by atoms with E-state index in [0.717, 1.165) is 12.1 Å². The van der Waals surface area contributed by atoms with Crippen LogP contribution < -0.4 is 11.3 Å². The van der Waals surface area contributed by atoms with E-state index >= 15 is 0 Å². The SMILES string of the molecule is CC(C)Cc1[nH]n(-c2ccc(C#N)cc2)c(=O)c1N. The summed E-state index contributed by atoms with van der Waals surface area (Å²) in [5.41, 5.74) is 7.82. The average Bonchev–Trinajstić information content (AvgIpc) is 2.67. The minimum atomic E-state index is -0.250. The number of nitrogen functional groups attached to an aromatic ring is 1. The third-order valence-corrected chi connectivity index (χ3v) is 2.87. The van der Waals surface area contributed by atoms with Gasteiger partial charge < -0.3 is 5.73 Å². The van der Waals surface area contributed by atoms with Crippen LogP contribution in [0.5, 0.6) is 0 Å². The summed E-state index contributed by atoms with van der Waals surface area (Å²) < 4.78 is 1.41. The van der Waals surface area contributed by atoms with Crippen molar-refractivity contribution in [1.29, 1.82) is 5.26 Å². The Morgan fingerprint density at radius 3 is 2.53 bits per heavy atom. The number of nitrogens with one attached hydrogen (secondary N) is 1. The number of benzene rings is 1. The zero-order chi connectivity index (χ0) is 14.0. The minimum absolute atomic E-state index is 0.250. The molecule has 0 bridgehead atoms. The van der Waals surface area contributed by atoms with E-state index in [4.69, 9.17) is 11.0 Å². The molecule has 1 aromatic heterocycles. The maximum Gasteiger partial charge on any atom is 0.294 e. The Labute approximate surface area is 111 Å². The van der Waals surface area contributed by atoms with Crippen molar-refractivity contribution in [2.45, 2.75) is 20.3 Å². The van der Waals surface area contributed by atoms with Crippen LogP contribution in [0, 0.1) is 17.2 Å². The first-order chi connectivity index (χ1) is 9.02. The van der Waals surface area contributed by atoms with E-state index in [1.807, 2.05) is 6.07 Å². The van der Waals surface area contributed by atoms with Gasteiger partial charge >= 0.3 is 0 Å². The summed E-state index contributed by atoms with van der Waals surface area (Å²) in [5.74, 6) is 0.412. The Hall–Kier alpha value is -2.48. The Morgan fingerprint density at radius 1 is 1.37 bits per heavy atom. The molecule has 19 heavy (non-hydrogen) atoms. The molecule has 0 saturated heterocycles. The van der Waals surface area contributed by atoms with E-state index in [1.165, 1.54) is 4.68 Å². The zero-order valence-corrected chi connectivity index (χ0v) is 11.0. The maximum absolute atomic E-state index is 12.1. The quantitative estimate of drug-likeness (QED) is 0.878. The monoisotopic (exact) mass is 256 g/mol. The lowest BCUT2D eigenvalue weighted by molar-refractivity contribution is 0.628. The number of H-pyrrole nitrogens is 1. The van der Waals surface area contributed by atoms with Crippen molar-refractivity contribution in [3.05, 3.63) is 45.9 Å². The molecule has 0 aliphatic carbocycles. The second kappa shape index (κ2) is 5.02. The number of aromatic nitrogens is 2. The van der Waals surface area contributed by atoms with Crippen LogP contribution in [0.15, 0.2) is 29.1 Å². The van der Waals surface area contributed by atoms with Crippen molar-refractivity contribution in [3.63, 3.8) is 0 Å². The van der Waals surface area contributed by atoms with Crippen LogP contribution in [-0.4, -0.2) is 9.78 Å². The lowest BCUT2D eigenvalue weighted by Gasteiger charge is -2.03. The molecule has 0 amide bonds. The Balaban J connectivity index is 2.45. The standard InChI is InChI=1S/C14H16N4O/c1-9(2)7-12-13(16)14(19)18(17-12)11-5-3-10(8-15)4-6-11/h3-6,9,17H,7,16H2,1-2H3. The normalized spacial score (nSPS) is 10.6. The van der Waals surface area contributed by atoms with Gasteiger partial charge in [0.1, 0.15) is 5.69 Å². The van der Waals surface area contributed by atoms with Gasteiger partial charge in [-0.2, -0.15) is 5.26 Å². The number of hydrogen-bond donors (Lipinski definition) is 2. The van der Waals surface area contributed by atoms with E-state index in [-0.39, 0.29) is 11.2 Å². The molecule has 0 atom stereocenters. The number of nitriles is 1. The molecule has 2 rings (SSSR count).